The Bertz CT molecular complexity index is 399. The van der Waals surface area contributed by atoms with Gasteiger partial charge in [0.1, 0.15) is 0 Å². The van der Waals surface area contributed by atoms with E-state index in [1.165, 1.54) is 22.6 Å². The molecule has 1 aliphatic carbocycles. The van der Waals surface area contributed by atoms with E-state index in [1.54, 1.807) is 0 Å². The number of hydrogen-bond acceptors (Lipinski definition) is 2. The minimum atomic E-state index is 0. The van der Waals surface area contributed by atoms with Crippen molar-refractivity contribution >= 4 is 41.3 Å². The van der Waals surface area contributed by atoms with E-state index in [1.807, 2.05) is 18.4 Å². The topological polar surface area (TPSA) is 36.4 Å². The number of nitrogens with one attached hydrogen (secondary N) is 2. The number of rotatable bonds is 4. The first-order valence-corrected chi connectivity index (χ1v) is 7.04. The first kappa shape index (κ1) is 15.8. The van der Waals surface area contributed by atoms with Gasteiger partial charge in [0.05, 0.1) is 0 Å². The highest BCUT2D eigenvalue weighted by atomic mass is 127. The van der Waals surface area contributed by atoms with Crippen LogP contribution in [-0.4, -0.2) is 25.1 Å². The highest BCUT2D eigenvalue weighted by Crippen LogP contribution is 2.19. The number of thiophene rings is 1. The molecule has 3 nitrogen and oxygen atoms in total. The highest BCUT2D eigenvalue weighted by Gasteiger charge is 2.22. The Kier molecular flexibility index (Phi) is 6.42. The molecule has 0 bridgehead atoms. The molecule has 2 rings (SSSR count). The summed E-state index contributed by atoms with van der Waals surface area (Å²) in [4.78, 5) is 7.07. The third-order valence-corrected chi connectivity index (χ3v) is 3.85. The van der Waals surface area contributed by atoms with E-state index in [2.05, 4.69) is 41.6 Å². The van der Waals surface area contributed by atoms with Gasteiger partial charge in [-0.05, 0) is 38.8 Å². The lowest BCUT2D eigenvalue weighted by Crippen LogP contribution is -2.43. The Morgan fingerprint density at radius 1 is 1.50 bits per heavy atom. The average Bonchev–Trinajstić information content (AvgIpc) is 3.01. The smallest absolute Gasteiger partial charge is 0.191 e. The summed E-state index contributed by atoms with van der Waals surface area (Å²) < 4.78 is 0. The fourth-order valence-electron chi connectivity index (χ4n) is 1.77. The van der Waals surface area contributed by atoms with E-state index in [0.717, 1.165) is 12.4 Å². The lowest BCUT2D eigenvalue weighted by molar-refractivity contribution is 0.644. The number of halogens is 1. The minimum Gasteiger partial charge on any atom is -0.354 e. The molecule has 0 aliphatic heterocycles. The summed E-state index contributed by atoms with van der Waals surface area (Å²) in [6, 6.07) is 5.47. The lowest BCUT2D eigenvalue weighted by atomic mass is 10.2. The van der Waals surface area contributed by atoms with Gasteiger partial charge in [-0.3, -0.25) is 4.99 Å². The number of nitrogens with zero attached hydrogens (tertiary/aromatic N) is 1. The summed E-state index contributed by atoms with van der Waals surface area (Å²) in [5, 5.41) is 6.85. The molecular weight excluding hydrogens is 357 g/mol. The lowest BCUT2D eigenvalue weighted by Gasteiger charge is -2.17. The predicted molar refractivity (Wildman–Crippen MR) is 90.3 cm³/mol. The van der Waals surface area contributed by atoms with Gasteiger partial charge in [-0.2, -0.15) is 0 Å². The predicted octanol–water partition coefficient (Wildman–Crippen LogP) is 2.93. The molecule has 1 fully saturated rings. The fourth-order valence-corrected chi connectivity index (χ4v) is 2.79. The van der Waals surface area contributed by atoms with E-state index in [-0.39, 0.29) is 24.0 Å². The Labute approximate surface area is 130 Å². The zero-order valence-corrected chi connectivity index (χ0v) is 14.3. The van der Waals surface area contributed by atoms with Gasteiger partial charge < -0.3 is 10.6 Å². The van der Waals surface area contributed by atoms with Gasteiger partial charge in [0.15, 0.2) is 5.96 Å². The standard InChI is InChI=1S/C13H21N3S.HI/c1-9(8-12-7-4-10(2)17-12)15-13(14-3)16-11-5-6-11;/h4,7,9,11H,5-6,8H2,1-3H3,(H2,14,15,16);1H. The zero-order valence-electron chi connectivity index (χ0n) is 11.2. The van der Waals surface area contributed by atoms with Crippen LogP contribution in [0, 0.1) is 6.92 Å². The summed E-state index contributed by atoms with van der Waals surface area (Å²) in [5.74, 6) is 0.938. The van der Waals surface area contributed by atoms with Crippen molar-refractivity contribution in [1.82, 2.24) is 10.6 Å². The molecule has 1 aliphatic rings. The molecule has 1 heterocycles. The van der Waals surface area contributed by atoms with Crippen LogP contribution in [0.4, 0.5) is 0 Å². The van der Waals surface area contributed by atoms with E-state index < -0.39 is 0 Å². The molecule has 102 valence electrons. The molecule has 1 aromatic heterocycles. The third-order valence-electron chi connectivity index (χ3n) is 2.83. The molecule has 0 spiro atoms. The number of aryl methyl sites for hydroxylation is 1. The van der Waals surface area contributed by atoms with Gasteiger partial charge in [0.2, 0.25) is 0 Å². The second kappa shape index (κ2) is 7.33. The van der Waals surface area contributed by atoms with Gasteiger partial charge in [-0.1, -0.05) is 0 Å². The SMILES string of the molecule is CN=C(NC(C)Cc1ccc(C)s1)NC1CC1.I. The molecule has 0 radical (unpaired) electrons. The van der Waals surface area contributed by atoms with Crippen molar-refractivity contribution < 1.29 is 0 Å². The average molecular weight is 379 g/mol. The molecule has 2 N–H and O–H groups in total. The van der Waals surface area contributed by atoms with Crippen molar-refractivity contribution in [1.29, 1.82) is 0 Å². The maximum absolute atomic E-state index is 4.25. The summed E-state index contributed by atoms with van der Waals surface area (Å²) in [6.45, 7) is 4.36. The van der Waals surface area contributed by atoms with Crippen LogP contribution in [0.25, 0.3) is 0 Å². The quantitative estimate of drug-likeness (QED) is 0.480. The first-order chi connectivity index (χ1) is 8.17. The number of hydrogen-bond donors (Lipinski definition) is 2. The molecule has 1 aromatic rings. The first-order valence-electron chi connectivity index (χ1n) is 6.22. The van der Waals surface area contributed by atoms with E-state index in [0.29, 0.717) is 12.1 Å². The largest absolute Gasteiger partial charge is 0.354 e. The Hall–Kier alpha value is -0.300. The van der Waals surface area contributed by atoms with Crippen LogP contribution in [0.2, 0.25) is 0 Å². The third kappa shape index (κ3) is 5.14. The van der Waals surface area contributed by atoms with Crippen LogP contribution >= 0.6 is 35.3 Å². The normalized spacial score (nSPS) is 16.9. The van der Waals surface area contributed by atoms with Gasteiger partial charge in [0.25, 0.3) is 0 Å². The number of aliphatic imine (C=N–C) groups is 1. The molecule has 1 atom stereocenters. The van der Waals surface area contributed by atoms with Gasteiger partial charge in [-0.15, -0.1) is 35.3 Å². The van der Waals surface area contributed by atoms with Crippen LogP contribution in [0.1, 0.15) is 29.5 Å². The zero-order chi connectivity index (χ0) is 12.3. The molecular formula is C13H22IN3S. The maximum atomic E-state index is 4.25. The van der Waals surface area contributed by atoms with Gasteiger partial charge >= 0.3 is 0 Å². The second-order valence-electron chi connectivity index (χ2n) is 4.75. The molecule has 0 amide bonds. The van der Waals surface area contributed by atoms with E-state index >= 15 is 0 Å². The molecule has 18 heavy (non-hydrogen) atoms. The van der Waals surface area contributed by atoms with Crippen molar-refractivity contribution in [2.75, 3.05) is 7.05 Å². The van der Waals surface area contributed by atoms with Crippen molar-refractivity contribution in [2.45, 2.75) is 45.2 Å². The Balaban J connectivity index is 0.00000162. The van der Waals surface area contributed by atoms with Crippen molar-refractivity contribution in [3.8, 4) is 0 Å². The molecule has 0 aromatic carbocycles. The Morgan fingerprint density at radius 3 is 2.72 bits per heavy atom. The summed E-state index contributed by atoms with van der Waals surface area (Å²) in [7, 11) is 1.83. The minimum absolute atomic E-state index is 0. The van der Waals surface area contributed by atoms with Gasteiger partial charge in [0, 0.05) is 35.3 Å². The van der Waals surface area contributed by atoms with E-state index in [4.69, 9.17) is 0 Å². The van der Waals surface area contributed by atoms with Crippen LogP contribution in [-0.2, 0) is 6.42 Å². The molecule has 1 saturated carbocycles. The Morgan fingerprint density at radius 2 is 2.22 bits per heavy atom. The second-order valence-corrected chi connectivity index (χ2v) is 6.13. The highest BCUT2D eigenvalue weighted by molar-refractivity contribution is 14.0. The molecule has 1 unspecified atom stereocenters. The fraction of sp³-hybridized carbons (Fsp3) is 0.615. The summed E-state index contributed by atoms with van der Waals surface area (Å²) in [6.07, 6.45) is 3.61. The van der Waals surface area contributed by atoms with Crippen LogP contribution in [0.5, 0.6) is 0 Å². The molecule has 0 saturated heterocycles. The van der Waals surface area contributed by atoms with Crippen LogP contribution in [0.3, 0.4) is 0 Å². The van der Waals surface area contributed by atoms with Crippen molar-refractivity contribution in [2.24, 2.45) is 4.99 Å². The summed E-state index contributed by atoms with van der Waals surface area (Å²) in [5.41, 5.74) is 0. The van der Waals surface area contributed by atoms with Crippen LogP contribution in [0.15, 0.2) is 17.1 Å². The monoisotopic (exact) mass is 379 g/mol. The summed E-state index contributed by atoms with van der Waals surface area (Å²) >= 11 is 1.88. The van der Waals surface area contributed by atoms with Crippen molar-refractivity contribution in [3.05, 3.63) is 21.9 Å². The maximum Gasteiger partial charge on any atom is 0.191 e. The molecule has 5 heteroatoms. The number of guanidine groups is 1. The van der Waals surface area contributed by atoms with Gasteiger partial charge in [-0.25, -0.2) is 0 Å². The van der Waals surface area contributed by atoms with E-state index in [9.17, 15) is 0 Å². The van der Waals surface area contributed by atoms with Crippen LogP contribution < -0.4 is 10.6 Å². The van der Waals surface area contributed by atoms with Crippen molar-refractivity contribution in [3.63, 3.8) is 0 Å².